The lowest BCUT2D eigenvalue weighted by molar-refractivity contribution is 0.0953. The lowest BCUT2D eigenvalue weighted by atomic mass is 10.2. The molecule has 1 saturated heterocycles. The molecule has 1 aliphatic heterocycles. The smallest absolute Gasteiger partial charge is 0.229 e. The summed E-state index contributed by atoms with van der Waals surface area (Å²) in [5, 5.41) is 17.0. The Balaban J connectivity index is 1.38. The lowest BCUT2D eigenvalue weighted by Crippen LogP contribution is -2.17. The summed E-state index contributed by atoms with van der Waals surface area (Å²) >= 11 is 7.45. The van der Waals surface area contributed by atoms with Gasteiger partial charge in [0, 0.05) is 34.1 Å². The Morgan fingerprint density at radius 1 is 1.26 bits per heavy atom. The molecule has 4 heterocycles. The van der Waals surface area contributed by atoms with Crippen LogP contribution in [-0.4, -0.2) is 58.8 Å². The fourth-order valence-corrected chi connectivity index (χ4v) is 5.21. The first-order chi connectivity index (χ1) is 16.5. The second-order valence-corrected chi connectivity index (χ2v) is 9.58. The Morgan fingerprint density at radius 2 is 2.09 bits per heavy atom. The highest BCUT2D eigenvalue weighted by molar-refractivity contribution is 7.99. The molecule has 0 saturated carbocycles. The number of carbonyl (C=O) groups excluding carboxylic acids is 1. The molecule has 0 spiro atoms. The summed E-state index contributed by atoms with van der Waals surface area (Å²) in [7, 11) is 0. The van der Waals surface area contributed by atoms with Gasteiger partial charge < -0.3 is 4.74 Å². The van der Waals surface area contributed by atoms with E-state index in [4.69, 9.17) is 16.3 Å². The highest BCUT2D eigenvalue weighted by Crippen LogP contribution is 2.28. The van der Waals surface area contributed by atoms with Crippen molar-refractivity contribution in [3.63, 3.8) is 0 Å². The number of nitrogens with zero attached hydrogens (tertiary/aromatic N) is 6. The van der Waals surface area contributed by atoms with Crippen molar-refractivity contribution in [2.45, 2.75) is 44.5 Å². The van der Waals surface area contributed by atoms with Gasteiger partial charge in [0.1, 0.15) is 6.33 Å². The van der Waals surface area contributed by atoms with E-state index in [9.17, 15) is 4.79 Å². The molecular formula is C23H24ClN7O2S. The number of H-pyrrole nitrogens is 1. The molecule has 176 valence electrons. The molecule has 34 heavy (non-hydrogen) atoms. The number of Topliss-reactive ketones (excluding diaryl/α,β-unsaturated/α-hetero) is 1. The second-order valence-electron chi connectivity index (χ2n) is 8.20. The zero-order valence-electron chi connectivity index (χ0n) is 18.9. The van der Waals surface area contributed by atoms with Gasteiger partial charge in [0.15, 0.2) is 16.8 Å². The summed E-state index contributed by atoms with van der Waals surface area (Å²) in [6, 6.07) is 9.41. The zero-order chi connectivity index (χ0) is 23.7. The molecular weight excluding hydrogens is 474 g/mol. The van der Waals surface area contributed by atoms with Gasteiger partial charge in [-0.25, -0.2) is 5.10 Å². The minimum absolute atomic E-state index is 0.0172. The highest BCUT2D eigenvalue weighted by atomic mass is 35.5. The minimum Gasteiger partial charge on any atom is -0.376 e. The molecule has 0 bridgehead atoms. The number of aromatic amines is 1. The molecule has 5 rings (SSSR count). The molecule has 1 atom stereocenters. The molecule has 1 fully saturated rings. The normalized spacial score (nSPS) is 15.8. The maximum atomic E-state index is 13.2. The van der Waals surface area contributed by atoms with Crippen molar-refractivity contribution in [2.24, 2.45) is 0 Å². The third-order valence-electron chi connectivity index (χ3n) is 5.91. The minimum atomic E-state index is 0.0172. The van der Waals surface area contributed by atoms with Gasteiger partial charge in [0.25, 0.3) is 0 Å². The van der Waals surface area contributed by atoms with E-state index in [-0.39, 0.29) is 17.6 Å². The average molecular weight is 498 g/mol. The van der Waals surface area contributed by atoms with Gasteiger partial charge in [-0.05, 0) is 57.0 Å². The van der Waals surface area contributed by atoms with E-state index in [2.05, 4.69) is 29.9 Å². The van der Waals surface area contributed by atoms with Crippen LogP contribution >= 0.6 is 23.4 Å². The molecule has 4 aromatic rings. The number of thioether (sulfide) groups is 1. The number of aromatic nitrogens is 7. The van der Waals surface area contributed by atoms with Crippen LogP contribution in [0.15, 0.2) is 41.8 Å². The van der Waals surface area contributed by atoms with Crippen molar-refractivity contribution < 1.29 is 9.53 Å². The van der Waals surface area contributed by atoms with Crippen LogP contribution in [0, 0.1) is 13.8 Å². The Hall–Kier alpha value is -2.95. The molecule has 9 nitrogen and oxygen atoms in total. The number of hydrogen-bond donors (Lipinski definition) is 1. The van der Waals surface area contributed by atoms with Crippen molar-refractivity contribution in [1.82, 2.24) is 34.5 Å². The Bertz CT molecular complexity index is 1290. The van der Waals surface area contributed by atoms with Gasteiger partial charge >= 0.3 is 0 Å². The summed E-state index contributed by atoms with van der Waals surface area (Å²) in [5.41, 5.74) is 3.31. The first kappa shape index (κ1) is 22.8. The molecule has 0 unspecified atom stereocenters. The van der Waals surface area contributed by atoms with Gasteiger partial charge in [-0.1, -0.05) is 23.4 Å². The molecule has 1 N–H and O–H groups in total. The third kappa shape index (κ3) is 4.53. The van der Waals surface area contributed by atoms with Crippen LogP contribution in [-0.2, 0) is 11.3 Å². The quantitative estimate of drug-likeness (QED) is 0.286. The zero-order valence-corrected chi connectivity index (χ0v) is 20.4. The second kappa shape index (κ2) is 9.73. The number of nitrogens with one attached hydrogen (secondary N) is 1. The highest BCUT2D eigenvalue weighted by Gasteiger charge is 2.23. The summed E-state index contributed by atoms with van der Waals surface area (Å²) in [4.78, 5) is 17.4. The van der Waals surface area contributed by atoms with Crippen LogP contribution in [0.3, 0.4) is 0 Å². The van der Waals surface area contributed by atoms with E-state index in [1.165, 1.54) is 18.1 Å². The molecule has 11 heteroatoms. The standard InChI is InChI=1S/C23H24ClN7O2S/c1-14-10-19(15(2)31(14)22-25-13-26-28-22)20(32)12-34-23-29-27-21(16-5-7-17(24)8-6-16)30(23)11-18-4-3-9-33-18/h5-8,10,13,18H,3-4,9,11-12H2,1-2H3,(H,25,26,28)/t18-/m0/s1. The van der Waals surface area contributed by atoms with Crippen molar-refractivity contribution >= 4 is 29.1 Å². The first-order valence-corrected chi connectivity index (χ1v) is 12.4. The van der Waals surface area contributed by atoms with Crippen LogP contribution in [0.5, 0.6) is 0 Å². The molecule has 0 aliphatic carbocycles. The van der Waals surface area contributed by atoms with Crippen molar-refractivity contribution in [2.75, 3.05) is 12.4 Å². The van der Waals surface area contributed by atoms with Crippen LogP contribution in [0.25, 0.3) is 17.3 Å². The molecule has 3 aromatic heterocycles. The largest absolute Gasteiger partial charge is 0.376 e. The van der Waals surface area contributed by atoms with E-state index >= 15 is 0 Å². The topological polar surface area (TPSA) is 104 Å². The van der Waals surface area contributed by atoms with E-state index < -0.39 is 0 Å². The fourth-order valence-electron chi connectivity index (χ4n) is 4.25. The van der Waals surface area contributed by atoms with Gasteiger partial charge in [0.2, 0.25) is 5.95 Å². The number of carbonyl (C=O) groups is 1. The summed E-state index contributed by atoms with van der Waals surface area (Å²) in [5.74, 6) is 1.59. The number of aryl methyl sites for hydroxylation is 1. The summed E-state index contributed by atoms with van der Waals surface area (Å²) < 4.78 is 9.81. The monoisotopic (exact) mass is 497 g/mol. The number of halogens is 1. The van der Waals surface area contributed by atoms with Crippen LogP contribution in [0.1, 0.15) is 34.6 Å². The summed E-state index contributed by atoms with van der Waals surface area (Å²) in [6.07, 6.45) is 3.60. The van der Waals surface area contributed by atoms with E-state index in [1.54, 1.807) is 0 Å². The molecule has 1 aliphatic rings. The van der Waals surface area contributed by atoms with E-state index in [0.717, 1.165) is 42.2 Å². The predicted molar refractivity (Wildman–Crippen MR) is 130 cm³/mol. The molecule has 0 radical (unpaired) electrons. The molecule has 1 aromatic carbocycles. The van der Waals surface area contributed by atoms with E-state index in [0.29, 0.717) is 28.2 Å². The molecule has 0 amide bonds. The van der Waals surface area contributed by atoms with Crippen LogP contribution in [0.2, 0.25) is 5.02 Å². The maximum Gasteiger partial charge on any atom is 0.229 e. The van der Waals surface area contributed by atoms with Crippen LogP contribution < -0.4 is 0 Å². The number of benzene rings is 1. The van der Waals surface area contributed by atoms with Crippen LogP contribution in [0.4, 0.5) is 0 Å². The van der Waals surface area contributed by atoms with Gasteiger partial charge in [0.05, 0.1) is 18.4 Å². The van der Waals surface area contributed by atoms with Crippen molar-refractivity contribution in [3.8, 4) is 17.3 Å². The SMILES string of the molecule is Cc1cc(C(=O)CSc2nnc(-c3ccc(Cl)cc3)n2C[C@@H]2CCCO2)c(C)n1-c1ncn[nH]1. The fraction of sp³-hybridized carbons (Fsp3) is 0.348. The Labute approximate surface area is 205 Å². The van der Waals surface area contributed by atoms with Gasteiger partial charge in [-0.3, -0.25) is 13.9 Å². The van der Waals surface area contributed by atoms with Gasteiger partial charge in [-0.2, -0.15) is 10.1 Å². The average Bonchev–Trinajstić information content (AvgIpc) is 3.62. The van der Waals surface area contributed by atoms with Crippen molar-refractivity contribution in [1.29, 1.82) is 0 Å². The van der Waals surface area contributed by atoms with Crippen molar-refractivity contribution in [3.05, 3.63) is 58.6 Å². The Kier molecular flexibility index (Phi) is 6.53. The third-order valence-corrected chi connectivity index (χ3v) is 7.13. The van der Waals surface area contributed by atoms with Gasteiger partial charge in [-0.15, -0.1) is 10.2 Å². The number of rotatable bonds is 8. The number of ketones is 1. The summed E-state index contributed by atoms with van der Waals surface area (Å²) in [6.45, 7) is 5.26. The first-order valence-electron chi connectivity index (χ1n) is 11.0. The van der Waals surface area contributed by atoms with E-state index in [1.807, 2.05) is 48.7 Å². The Morgan fingerprint density at radius 3 is 2.79 bits per heavy atom. The predicted octanol–water partition coefficient (Wildman–Crippen LogP) is 4.28. The lowest BCUT2D eigenvalue weighted by Gasteiger charge is -2.14. The number of ether oxygens (including phenoxy) is 1. The maximum absolute atomic E-state index is 13.2. The number of hydrogen-bond acceptors (Lipinski definition) is 7.